The van der Waals surface area contributed by atoms with E-state index in [0.29, 0.717) is 13.2 Å². The Bertz CT molecular complexity index is 802. The smallest absolute Gasteiger partial charge is 0.310 e. The molecule has 0 atom stereocenters. The molecular weight excluding hydrogens is 388 g/mol. The normalized spacial score (nSPS) is 14.5. The van der Waals surface area contributed by atoms with Crippen LogP contribution in [0.3, 0.4) is 0 Å². The number of pyridine rings is 1. The van der Waals surface area contributed by atoms with E-state index in [4.69, 9.17) is 4.74 Å². The molecule has 28 heavy (non-hydrogen) atoms. The third-order valence-electron chi connectivity index (χ3n) is 4.72. The van der Waals surface area contributed by atoms with Gasteiger partial charge in [0.15, 0.2) is 6.20 Å². The monoisotopic (exact) mass is 415 g/mol. The molecule has 1 fully saturated rings. The van der Waals surface area contributed by atoms with Crippen LogP contribution in [0.2, 0.25) is 0 Å². The summed E-state index contributed by atoms with van der Waals surface area (Å²) in [7, 11) is 5.52. The van der Waals surface area contributed by atoms with Crippen molar-refractivity contribution in [3.05, 3.63) is 59.9 Å². The van der Waals surface area contributed by atoms with E-state index in [-0.39, 0.29) is 11.9 Å². The van der Waals surface area contributed by atoms with Gasteiger partial charge in [0.25, 0.3) is 0 Å². The molecule has 0 aliphatic carbocycles. The molecule has 0 radical (unpaired) electrons. The van der Waals surface area contributed by atoms with Gasteiger partial charge in [0.2, 0.25) is 5.69 Å². The Balaban J connectivity index is 1.50. The Hall–Kier alpha value is -1.92. The zero-order valence-electron chi connectivity index (χ0n) is 16.4. The Morgan fingerprint density at radius 1 is 1.18 bits per heavy atom. The highest BCUT2D eigenvalue weighted by atomic mass is 33.1. The third-order valence-corrected chi connectivity index (χ3v) is 7.28. The van der Waals surface area contributed by atoms with Crippen LogP contribution >= 0.6 is 21.6 Å². The van der Waals surface area contributed by atoms with Gasteiger partial charge in [0, 0.05) is 42.4 Å². The number of hydrogen-bond donors (Lipinski definition) is 0. The van der Waals surface area contributed by atoms with Crippen molar-refractivity contribution in [3.63, 3.8) is 0 Å². The van der Waals surface area contributed by atoms with E-state index in [1.165, 1.54) is 5.69 Å². The van der Waals surface area contributed by atoms with E-state index >= 15 is 0 Å². The summed E-state index contributed by atoms with van der Waals surface area (Å²) < 4.78 is 7.64. The van der Waals surface area contributed by atoms with E-state index in [1.807, 2.05) is 7.05 Å². The molecule has 2 aromatic rings. The van der Waals surface area contributed by atoms with Crippen molar-refractivity contribution < 1.29 is 14.1 Å². The molecule has 1 aliphatic rings. The van der Waals surface area contributed by atoms with Crippen molar-refractivity contribution in [2.75, 3.05) is 36.6 Å². The minimum absolute atomic E-state index is 0.0578. The van der Waals surface area contributed by atoms with Gasteiger partial charge in [-0.25, -0.2) is 0 Å². The van der Waals surface area contributed by atoms with Crippen LogP contribution in [0.4, 0.5) is 5.69 Å². The second-order valence-electron chi connectivity index (χ2n) is 6.69. The molecule has 1 aromatic carbocycles. The number of benzene rings is 1. The second-order valence-corrected chi connectivity index (χ2v) is 9.24. The predicted octanol–water partition coefficient (Wildman–Crippen LogP) is 4.16. The lowest BCUT2D eigenvalue weighted by molar-refractivity contribution is -0.695. The van der Waals surface area contributed by atoms with E-state index < -0.39 is 0 Å². The number of aryl methyl sites for hydroxylation is 1. The van der Waals surface area contributed by atoms with E-state index in [1.54, 1.807) is 21.6 Å². The predicted molar refractivity (Wildman–Crippen MR) is 120 cm³/mol. The average Bonchev–Trinajstić information content (AvgIpc) is 3.27. The Kier molecular flexibility index (Phi) is 7.86. The zero-order valence-corrected chi connectivity index (χ0v) is 18.0. The van der Waals surface area contributed by atoms with Crippen molar-refractivity contribution in [3.8, 4) is 0 Å². The van der Waals surface area contributed by atoms with E-state index in [0.717, 1.165) is 29.3 Å². The van der Waals surface area contributed by atoms with Gasteiger partial charge < -0.3 is 9.64 Å². The van der Waals surface area contributed by atoms with E-state index in [2.05, 4.69) is 77.2 Å². The first kappa shape index (κ1) is 20.8. The first-order valence-corrected chi connectivity index (χ1v) is 12.0. The standard InChI is InChI=1S/C22H27N2O2S2/c1-3-24-13-5-4-6-21(24)12-9-18-7-10-20(11-8-18)23(2)14-15-26-22(25)19-16-27-28-17-19/h4-13,19H,3,14-17H2,1-2H3/q+1. The van der Waals surface area contributed by atoms with Crippen LogP contribution in [-0.4, -0.2) is 37.7 Å². The molecule has 0 saturated carbocycles. The molecule has 1 saturated heterocycles. The van der Waals surface area contributed by atoms with Gasteiger partial charge in [-0.2, -0.15) is 4.57 Å². The fraction of sp³-hybridized carbons (Fsp3) is 0.364. The highest BCUT2D eigenvalue weighted by Gasteiger charge is 2.25. The van der Waals surface area contributed by atoms with Crippen molar-refractivity contribution in [1.82, 2.24) is 0 Å². The van der Waals surface area contributed by atoms with Crippen LogP contribution in [0.5, 0.6) is 0 Å². The Labute approximate surface area is 175 Å². The largest absolute Gasteiger partial charge is 0.464 e. The fourth-order valence-electron chi connectivity index (χ4n) is 2.93. The SMILES string of the molecule is CC[n+]1ccccc1/C=C/c1ccc(N(C)CCOC(=O)C2CSSC2)cc1. The molecule has 2 heterocycles. The summed E-state index contributed by atoms with van der Waals surface area (Å²) in [5.74, 6) is 1.74. The minimum Gasteiger partial charge on any atom is -0.464 e. The van der Waals surface area contributed by atoms with Gasteiger partial charge in [-0.15, -0.1) is 0 Å². The van der Waals surface area contributed by atoms with Gasteiger partial charge in [-0.05, 0) is 36.8 Å². The van der Waals surface area contributed by atoms with E-state index in [9.17, 15) is 4.79 Å². The number of carbonyl (C=O) groups is 1. The molecule has 3 rings (SSSR count). The number of esters is 1. The number of nitrogens with zero attached hydrogens (tertiary/aromatic N) is 2. The summed E-state index contributed by atoms with van der Waals surface area (Å²) in [6.07, 6.45) is 6.36. The number of hydrogen-bond acceptors (Lipinski definition) is 5. The summed E-state index contributed by atoms with van der Waals surface area (Å²) in [5.41, 5.74) is 3.46. The number of carbonyl (C=O) groups excluding carboxylic acids is 1. The summed E-state index contributed by atoms with van der Waals surface area (Å²) in [6.45, 7) is 4.21. The van der Waals surface area contributed by atoms with Gasteiger partial charge in [0.05, 0.1) is 12.5 Å². The topological polar surface area (TPSA) is 33.4 Å². The first-order valence-electron chi connectivity index (χ1n) is 9.56. The molecule has 0 amide bonds. The van der Waals surface area contributed by atoms with Crippen LogP contribution in [-0.2, 0) is 16.1 Å². The van der Waals surface area contributed by atoms with Crippen molar-refractivity contribution >= 4 is 45.4 Å². The van der Waals surface area contributed by atoms with Gasteiger partial charge in [-0.3, -0.25) is 4.79 Å². The van der Waals surface area contributed by atoms with Gasteiger partial charge in [-0.1, -0.05) is 33.7 Å². The van der Waals surface area contributed by atoms with Gasteiger partial charge >= 0.3 is 5.97 Å². The number of ether oxygens (including phenoxy) is 1. The second kappa shape index (κ2) is 10.6. The molecule has 4 nitrogen and oxygen atoms in total. The third kappa shape index (κ3) is 5.79. The maximum Gasteiger partial charge on any atom is 0.310 e. The average molecular weight is 416 g/mol. The van der Waals surface area contributed by atoms with Gasteiger partial charge in [0.1, 0.15) is 13.2 Å². The van der Waals surface area contributed by atoms with Crippen LogP contribution < -0.4 is 9.47 Å². The maximum absolute atomic E-state index is 12.0. The minimum atomic E-state index is -0.0587. The fourth-order valence-corrected chi connectivity index (χ4v) is 5.67. The molecule has 1 aromatic heterocycles. The quantitative estimate of drug-likeness (QED) is 0.367. The molecule has 0 bridgehead atoms. The summed E-state index contributed by atoms with van der Waals surface area (Å²) >= 11 is 0. The summed E-state index contributed by atoms with van der Waals surface area (Å²) in [6, 6.07) is 14.7. The molecule has 0 unspecified atom stereocenters. The number of anilines is 1. The number of rotatable bonds is 8. The maximum atomic E-state index is 12.0. The lowest BCUT2D eigenvalue weighted by atomic mass is 10.1. The van der Waals surface area contributed by atoms with Crippen LogP contribution in [0, 0.1) is 5.92 Å². The highest BCUT2D eigenvalue weighted by molar-refractivity contribution is 8.77. The molecular formula is C22H27N2O2S2+. The van der Waals surface area contributed by atoms with Crippen molar-refractivity contribution in [1.29, 1.82) is 0 Å². The molecule has 148 valence electrons. The summed E-state index contributed by atoms with van der Waals surface area (Å²) in [5, 5.41) is 0. The lowest BCUT2D eigenvalue weighted by Crippen LogP contribution is -2.34. The molecule has 6 heteroatoms. The Morgan fingerprint density at radius 2 is 1.93 bits per heavy atom. The molecule has 0 N–H and O–H groups in total. The first-order chi connectivity index (χ1) is 13.7. The summed E-state index contributed by atoms with van der Waals surface area (Å²) in [4.78, 5) is 14.1. The van der Waals surface area contributed by atoms with Crippen molar-refractivity contribution in [2.45, 2.75) is 13.5 Å². The lowest BCUT2D eigenvalue weighted by Gasteiger charge is -2.19. The van der Waals surface area contributed by atoms with Crippen LogP contribution in [0.1, 0.15) is 18.2 Å². The number of likely N-dealkylation sites (N-methyl/N-ethyl adjacent to an activating group) is 1. The number of aromatic nitrogens is 1. The zero-order chi connectivity index (χ0) is 19.8. The van der Waals surface area contributed by atoms with Crippen LogP contribution in [0.15, 0.2) is 48.7 Å². The van der Waals surface area contributed by atoms with Crippen molar-refractivity contribution in [2.24, 2.45) is 5.92 Å². The van der Waals surface area contributed by atoms with Crippen LogP contribution in [0.25, 0.3) is 12.2 Å². The molecule has 1 aliphatic heterocycles. The highest BCUT2D eigenvalue weighted by Crippen LogP contribution is 2.35. The molecule has 0 spiro atoms. The Morgan fingerprint density at radius 3 is 2.64 bits per heavy atom.